The molecule has 0 bridgehead atoms. The maximum absolute atomic E-state index is 11.7. The third kappa shape index (κ3) is 5.73. The molecule has 0 unspecified atom stereocenters. The van der Waals surface area contributed by atoms with E-state index in [1.54, 1.807) is 19.1 Å². The lowest BCUT2D eigenvalue weighted by molar-refractivity contribution is -0.144. The van der Waals surface area contributed by atoms with E-state index in [9.17, 15) is 14.4 Å². The first-order chi connectivity index (χ1) is 12.5. The Morgan fingerprint density at radius 1 is 1.31 bits per heavy atom. The van der Waals surface area contributed by atoms with Crippen LogP contribution < -0.4 is 10.6 Å². The molecule has 0 fully saturated rings. The molecule has 0 saturated heterocycles. The van der Waals surface area contributed by atoms with Gasteiger partial charge in [0, 0.05) is 18.7 Å². The molecular weight excluding hydrogens is 338 g/mol. The Hall–Kier alpha value is -3.16. The molecule has 26 heavy (non-hydrogen) atoms. The molecule has 0 aliphatic heterocycles. The van der Waals surface area contributed by atoms with Crippen molar-refractivity contribution in [3.63, 3.8) is 0 Å². The summed E-state index contributed by atoms with van der Waals surface area (Å²) in [6, 6.07) is 6.49. The third-order valence-corrected chi connectivity index (χ3v) is 3.34. The number of amides is 2. The Bertz CT molecular complexity index is 779. The van der Waals surface area contributed by atoms with Crippen LogP contribution in [0.1, 0.15) is 26.2 Å². The topological polar surface area (TPSA) is 111 Å². The van der Waals surface area contributed by atoms with E-state index in [-0.39, 0.29) is 11.8 Å². The molecule has 0 radical (unpaired) electrons. The molecule has 1 aromatic heterocycles. The highest BCUT2D eigenvalue weighted by Gasteiger charge is 2.15. The maximum Gasteiger partial charge on any atom is 0.331 e. The summed E-state index contributed by atoms with van der Waals surface area (Å²) in [5.41, 5.74) is 1.28. The van der Waals surface area contributed by atoms with Crippen molar-refractivity contribution >= 4 is 35.0 Å². The molecule has 2 amide bonds. The Kier molecular flexibility index (Phi) is 6.90. The molecule has 2 N–H and O–H groups in total. The van der Waals surface area contributed by atoms with Gasteiger partial charge in [-0.1, -0.05) is 19.1 Å². The minimum Gasteiger partial charge on any atom is -0.452 e. The van der Waals surface area contributed by atoms with Gasteiger partial charge >= 0.3 is 5.97 Å². The highest BCUT2D eigenvalue weighted by Crippen LogP contribution is 2.15. The van der Waals surface area contributed by atoms with Gasteiger partial charge < -0.3 is 19.8 Å². The molecule has 0 saturated carbocycles. The lowest BCUT2D eigenvalue weighted by atomic mass is 10.3. The van der Waals surface area contributed by atoms with Crippen LogP contribution >= 0.6 is 0 Å². The predicted molar refractivity (Wildman–Crippen MR) is 94.9 cm³/mol. The molecule has 1 heterocycles. The van der Waals surface area contributed by atoms with Gasteiger partial charge in [0.15, 0.2) is 12.2 Å². The standard InChI is InChI=1S/C18H21N3O5/c1-3-10-19-18(24)12(2)20-15(22)11-25-17(23)9-8-16-21-13-6-4-5-7-14(13)26-16/h4-9,12H,3,10-11H2,1-2H3,(H,19,24)(H,20,22)/b9-8+/t12-/m0/s1. The summed E-state index contributed by atoms with van der Waals surface area (Å²) in [5.74, 6) is -1.31. The van der Waals surface area contributed by atoms with Crippen LogP contribution in [0.5, 0.6) is 0 Å². The SMILES string of the molecule is CCCNC(=O)[C@H](C)NC(=O)COC(=O)/C=C/c1nc2ccccc2o1. The molecule has 8 nitrogen and oxygen atoms in total. The van der Waals surface area contributed by atoms with Gasteiger partial charge in [0.1, 0.15) is 11.6 Å². The number of esters is 1. The number of fused-ring (bicyclic) bond motifs is 1. The summed E-state index contributed by atoms with van der Waals surface area (Å²) < 4.78 is 10.2. The highest BCUT2D eigenvalue weighted by atomic mass is 16.5. The molecule has 138 valence electrons. The molecule has 8 heteroatoms. The normalized spacial score (nSPS) is 12.1. The van der Waals surface area contributed by atoms with E-state index in [1.165, 1.54) is 6.08 Å². The summed E-state index contributed by atoms with van der Waals surface area (Å²) >= 11 is 0. The number of carbonyl (C=O) groups is 3. The number of nitrogens with zero attached hydrogens (tertiary/aromatic N) is 1. The molecule has 1 aromatic carbocycles. The second kappa shape index (κ2) is 9.36. The van der Waals surface area contributed by atoms with Gasteiger partial charge in [0.05, 0.1) is 0 Å². The van der Waals surface area contributed by atoms with Crippen LogP contribution in [0.15, 0.2) is 34.8 Å². The summed E-state index contributed by atoms with van der Waals surface area (Å²) in [6.45, 7) is 3.53. The van der Waals surface area contributed by atoms with Crippen LogP contribution in [-0.2, 0) is 19.1 Å². The van der Waals surface area contributed by atoms with Crippen molar-refractivity contribution in [2.75, 3.05) is 13.2 Å². The van der Waals surface area contributed by atoms with Crippen molar-refractivity contribution in [2.45, 2.75) is 26.3 Å². The van der Waals surface area contributed by atoms with Gasteiger partial charge in [0.2, 0.25) is 11.8 Å². The van der Waals surface area contributed by atoms with E-state index in [1.807, 2.05) is 19.1 Å². The predicted octanol–water partition coefficient (Wildman–Crippen LogP) is 1.42. The largest absolute Gasteiger partial charge is 0.452 e. The van der Waals surface area contributed by atoms with E-state index in [0.29, 0.717) is 17.6 Å². The molecule has 2 aromatic rings. The van der Waals surface area contributed by atoms with Gasteiger partial charge in [-0.25, -0.2) is 9.78 Å². The molecule has 2 rings (SSSR count). The van der Waals surface area contributed by atoms with Gasteiger partial charge in [-0.15, -0.1) is 0 Å². The smallest absolute Gasteiger partial charge is 0.331 e. The van der Waals surface area contributed by atoms with Crippen molar-refractivity contribution in [3.8, 4) is 0 Å². The van der Waals surface area contributed by atoms with E-state index < -0.39 is 24.5 Å². The monoisotopic (exact) mass is 359 g/mol. The van der Waals surface area contributed by atoms with Gasteiger partial charge in [0.25, 0.3) is 5.91 Å². The third-order valence-electron chi connectivity index (χ3n) is 3.34. The lowest BCUT2D eigenvalue weighted by Gasteiger charge is -2.13. The van der Waals surface area contributed by atoms with Gasteiger partial charge in [-0.3, -0.25) is 9.59 Å². The zero-order valence-corrected chi connectivity index (χ0v) is 14.7. The fourth-order valence-corrected chi connectivity index (χ4v) is 2.04. The number of benzene rings is 1. The Labute approximate surface area is 150 Å². The van der Waals surface area contributed by atoms with E-state index in [2.05, 4.69) is 15.6 Å². The number of para-hydroxylation sites is 2. The van der Waals surface area contributed by atoms with Crippen LogP contribution in [-0.4, -0.2) is 42.0 Å². The number of hydrogen-bond acceptors (Lipinski definition) is 6. The number of hydrogen-bond donors (Lipinski definition) is 2. The van der Waals surface area contributed by atoms with Crippen LogP contribution in [0, 0.1) is 0 Å². The molecule has 0 aliphatic carbocycles. The Morgan fingerprint density at radius 3 is 2.81 bits per heavy atom. The Morgan fingerprint density at radius 2 is 2.08 bits per heavy atom. The lowest BCUT2D eigenvalue weighted by Crippen LogP contribution is -2.46. The maximum atomic E-state index is 11.7. The Balaban J connectivity index is 1.77. The van der Waals surface area contributed by atoms with Crippen molar-refractivity contribution in [3.05, 3.63) is 36.2 Å². The van der Waals surface area contributed by atoms with Crippen molar-refractivity contribution in [1.82, 2.24) is 15.6 Å². The minimum atomic E-state index is -0.717. The number of aromatic nitrogens is 1. The second-order valence-electron chi connectivity index (χ2n) is 5.54. The van der Waals surface area contributed by atoms with Crippen molar-refractivity contribution in [2.24, 2.45) is 0 Å². The van der Waals surface area contributed by atoms with E-state index >= 15 is 0 Å². The molecule has 1 atom stereocenters. The van der Waals surface area contributed by atoms with Gasteiger partial charge in [-0.05, 0) is 25.5 Å². The summed E-state index contributed by atoms with van der Waals surface area (Å²) in [4.78, 5) is 39.2. The summed E-state index contributed by atoms with van der Waals surface area (Å²) in [7, 11) is 0. The van der Waals surface area contributed by atoms with Gasteiger partial charge in [-0.2, -0.15) is 0 Å². The quantitative estimate of drug-likeness (QED) is 0.545. The second-order valence-corrected chi connectivity index (χ2v) is 5.54. The van der Waals surface area contributed by atoms with E-state index in [4.69, 9.17) is 9.15 Å². The number of ether oxygens (including phenoxy) is 1. The van der Waals surface area contributed by atoms with Crippen LogP contribution in [0.4, 0.5) is 0 Å². The van der Waals surface area contributed by atoms with Crippen molar-refractivity contribution in [1.29, 1.82) is 0 Å². The fraction of sp³-hybridized carbons (Fsp3) is 0.333. The average Bonchev–Trinajstić information content (AvgIpc) is 3.05. The van der Waals surface area contributed by atoms with Crippen LogP contribution in [0.2, 0.25) is 0 Å². The number of nitrogens with one attached hydrogen (secondary N) is 2. The summed E-state index contributed by atoms with van der Waals surface area (Å²) in [6.07, 6.45) is 3.28. The molecule has 0 aliphatic rings. The highest BCUT2D eigenvalue weighted by molar-refractivity contribution is 5.91. The average molecular weight is 359 g/mol. The minimum absolute atomic E-state index is 0.258. The first-order valence-electron chi connectivity index (χ1n) is 8.27. The zero-order chi connectivity index (χ0) is 18.9. The van der Waals surface area contributed by atoms with Crippen LogP contribution in [0.3, 0.4) is 0 Å². The van der Waals surface area contributed by atoms with Crippen LogP contribution in [0.25, 0.3) is 17.2 Å². The molecular formula is C18H21N3O5. The molecule has 0 spiro atoms. The first kappa shape index (κ1) is 19.2. The number of rotatable bonds is 8. The fourth-order valence-electron chi connectivity index (χ4n) is 2.04. The zero-order valence-electron chi connectivity index (χ0n) is 14.7. The summed E-state index contributed by atoms with van der Waals surface area (Å²) in [5, 5.41) is 5.11. The van der Waals surface area contributed by atoms with Crippen molar-refractivity contribution < 1.29 is 23.5 Å². The number of oxazole rings is 1. The van der Waals surface area contributed by atoms with E-state index in [0.717, 1.165) is 12.5 Å². The number of carbonyl (C=O) groups excluding carboxylic acids is 3. The first-order valence-corrected chi connectivity index (χ1v) is 8.27.